The van der Waals surface area contributed by atoms with Crippen LogP contribution in [0.2, 0.25) is 0 Å². The molecule has 10 aromatic carbocycles. The summed E-state index contributed by atoms with van der Waals surface area (Å²) in [6.45, 7) is 11.3. The Morgan fingerprint density at radius 3 is 0.985 bits per heavy atom. The van der Waals surface area contributed by atoms with Crippen molar-refractivity contribution in [2.24, 2.45) is 15.3 Å². The van der Waals surface area contributed by atoms with Gasteiger partial charge >= 0.3 is 11.9 Å². The first-order chi connectivity index (χ1) is 32.3. The molecular formula is C56H48N6O4. The van der Waals surface area contributed by atoms with E-state index < -0.39 is 11.9 Å². The molecule has 0 amide bonds. The third-order valence-corrected chi connectivity index (χ3v) is 12.6. The van der Waals surface area contributed by atoms with Gasteiger partial charge in [-0.05, 0) is 110 Å². The first kappa shape index (κ1) is 41.9. The van der Waals surface area contributed by atoms with E-state index in [0.717, 1.165) is 111 Å². The second kappa shape index (κ2) is 17.1. The van der Waals surface area contributed by atoms with E-state index in [0.29, 0.717) is 23.8 Å². The van der Waals surface area contributed by atoms with Gasteiger partial charge in [0.2, 0.25) is 0 Å². The van der Waals surface area contributed by atoms with Gasteiger partial charge in [-0.1, -0.05) is 83.1 Å². The van der Waals surface area contributed by atoms with E-state index in [-0.39, 0.29) is 0 Å². The first-order valence-electron chi connectivity index (χ1n) is 22.4. The van der Waals surface area contributed by atoms with E-state index in [1.807, 2.05) is 49.5 Å². The summed E-state index contributed by atoms with van der Waals surface area (Å²) in [6.07, 6.45) is 0. The maximum atomic E-state index is 12.7. The van der Waals surface area contributed by atoms with Crippen molar-refractivity contribution in [2.45, 2.75) is 34.6 Å². The Kier molecular flexibility index (Phi) is 10.9. The molecule has 0 fully saturated rings. The largest absolute Gasteiger partial charge is 0.342 e. The molecule has 326 valence electrons. The molecule has 0 atom stereocenters. The summed E-state index contributed by atoms with van der Waals surface area (Å²) in [7, 11) is 1.83. The average Bonchev–Trinajstić information content (AvgIpc) is 3.96. The summed E-state index contributed by atoms with van der Waals surface area (Å²) in [5, 5.41) is 21.8. The van der Waals surface area contributed by atoms with Crippen molar-refractivity contribution in [3.63, 3.8) is 0 Å². The predicted molar refractivity (Wildman–Crippen MR) is 269 cm³/mol. The van der Waals surface area contributed by atoms with Gasteiger partial charge in [0, 0.05) is 123 Å². The van der Waals surface area contributed by atoms with Crippen LogP contribution in [0, 0.1) is 0 Å². The van der Waals surface area contributed by atoms with Crippen LogP contribution in [0.15, 0.2) is 161 Å². The Hall–Kier alpha value is -8.11. The molecule has 0 saturated heterocycles. The summed E-state index contributed by atoms with van der Waals surface area (Å²) in [6, 6.07) is 50.3. The minimum absolute atomic E-state index is 0.511. The number of fused-ring (bicyclic) bond motifs is 12. The molecule has 10 rings (SSSR count). The van der Waals surface area contributed by atoms with Crippen LogP contribution < -0.4 is 30.8 Å². The zero-order valence-corrected chi connectivity index (χ0v) is 37.8. The van der Waals surface area contributed by atoms with Gasteiger partial charge in [-0.15, -0.1) is 0 Å². The molecule has 0 aliphatic rings. The van der Waals surface area contributed by atoms with Gasteiger partial charge in [0.05, 0.1) is 5.36 Å². The maximum absolute atomic E-state index is 12.7. The van der Waals surface area contributed by atoms with Crippen molar-refractivity contribution in [1.29, 1.82) is 0 Å². The molecule has 0 spiro atoms. The molecule has 0 aliphatic carbocycles. The molecule has 10 heteroatoms. The maximum Gasteiger partial charge on any atom is 0.332 e. The van der Waals surface area contributed by atoms with Crippen LogP contribution in [0.25, 0.3) is 64.6 Å². The third-order valence-electron chi connectivity index (χ3n) is 12.6. The Bertz CT molecular complexity index is 3640. The van der Waals surface area contributed by atoms with Crippen molar-refractivity contribution in [3.8, 4) is 0 Å². The number of benzene rings is 7. The Labute approximate surface area is 381 Å². The summed E-state index contributed by atoms with van der Waals surface area (Å²) in [4.78, 5) is 48.6. The number of para-hydroxylation sites is 3. The molecule has 0 unspecified atom stereocenters. The molecule has 66 heavy (non-hydrogen) atoms. The van der Waals surface area contributed by atoms with Gasteiger partial charge in [-0.3, -0.25) is 4.99 Å². The van der Waals surface area contributed by atoms with E-state index in [4.69, 9.17) is 25.0 Å². The molecule has 0 aromatic heterocycles. The smallest absolute Gasteiger partial charge is 0.332 e. The molecule has 10 aromatic rings. The third kappa shape index (κ3) is 6.84. The number of carbonyl (C=O) groups excluding carboxylic acids is 2. The van der Waals surface area contributed by atoms with Crippen LogP contribution in [0.3, 0.4) is 0 Å². The number of hydrogen-bond acceptors (Lipinski definition) is 10. The van der Waals surface area contributed by atoms with Crippen molar-refractivity contribution in [3.05, 3.63) is 162 Å². The topological polar surface area (TPSA) is 99.4 Å². The number of hydrogen-bond donors (Lipinski definition) is 0. The SMILES string of the molecule is CCN(c1ccccc1)c1ccc2c(c1)/c(=N\C)c1c2c2/c(=N/OC(C)=O)c3cc(N(CC)c4ccccc4)ccc3c2c2/c(=N/OC(C)=O)c3cc(N(CC)c4ccccc4)ccc3c12. The van der Waals surface area contributed by atoms with Crippen LogP contribution in [0.1, 0.15) is 34.6 Å². The molecular weight excluding hydrogens is 821 g/mol. The number of anilines is 6. The van der Waals surface area contributed by atoms with Gasteiger partial charge in [-0.2, -0.15) is 0 Å². The second-order valence-electron chi connectivity index (χ2n) is 16.3. The fourth-order valence-electron chi connectivity index (χ4n) is 10.0. The van der Waals surface area contributed by atoms with Crippen molar-refractivity contribution in [1.82, 2.24) is 0 Å². The van der Waals surface area contributed by atoms with Crippen LogP contribution >= 0.6 is 0 Å². The average molecular weight is 869 g/mol. The minimum Gasteiger partial charge on any atom is -0.342 e. The Balaban J connectivity index is 1.43. The molecule has 0 N–H and O–H groups in total. The lowest BCUT2D eigenvalue weighted by molar-refractivity contribution is -0.142. The van der Waals surface area contributed by atoms with Gasteiger partial charge in [0.15, 0.2) is 0 Å². The fourth-order valence-corrected chi connectivity index (χ4v) is 10.0. The quantitative estimate of drug-likeness (QED) is 0.0943. The van der Waals surface area contributed by atoms with Gasteiger partial charge in [0.25, 0.3) is 0 Å². The van der Waals surface area contributed by atoms with E-state index in [9.17, 15) is 9.59 Å². The van der Waals surface area contributed by atoms with E-state index >= 15 is 0 Å². The summed E-state index contributed by atoms with van der Waals surface area (Å²) in [5.74, 6) is -1.08. The first-order valence-corrected chi connectivity index (χ1v) is 22.4. The fraction of sp³-hybridized carbons (Fsp3) is 0.161. The summed E-state index contributed by atoms with van der Waals surface area (Å²) in [5.41, 5.74) is 6.10. The van der Waals surface area contributed by atoms with Gasteiger partial charge in [-0.25, -0.2) is 9.59 Å². The lowest BCUT2D eigenvalue weighted by Crippen LogP contribution is -2.16. The molecule has 0 aliphatic heterocycles. The zero-order chi connectivity index (χ0) is 45.6. The lowest BCUT2D eigenvalue weighted by atomic mass is 9.99. The normalized spacial score (nSPS) is 12.7. The van der Waals surface area contributed by atoms with Crippen LogP contribution in [-0.4, -0.2) is 38.6 Å². The molecule has 10 nitrogen and oxygen atoms in total. The molecule has 0 radical (unpaired) electrons. The van der Waals surface area contributed by atoms with Crippen molar-refractivity contribution in [2.75, 3.05) is 41.4 Å². The number of rotatable bonds is 11. The predicted octanol–water partition coefficient (Wildman–Crippen LogP) is 11.7. The van der Waals surface area contributed by atoms with Gasteiger partial charge in [0.1, 0.15) is 10.7 Å². The number of nitrogens with zero attached hydrogens (tertiary/aromatic N) is 6. The van der Waals surface area contributed by atoms with E-state index in [1.165, 1.54) is 13.8 Å². The monoisotopic (exact) mass is 868 g/mol. The van der Waals surface area contributed by atoms with Crippen molar-refractivity contribution >= 4 is 111 Å². The number of carbonyl (C=O) groups is 2. The summed E-state index contributed by atoms with van der Waals surface area (Å²) >= 11 is 0. The highest BCUT2D eigenvalue weighted by Gasteiger charge is 2.27. The molecule has 0 saturated carbocycles. The van der Waals surface area contributed by atoms with Crippen molar-refractivity contribution < 1.29 is 19.3 Å². The highest BCUT2D eigenvalue weighted by Crippen LogP contribution is 2.45. The molecule has 0 bridgehead atoms. The van der Waals surface area contributed by atoms with Crippen LogP contribution in [0.5, 0.6) is 0 Å². The zero-order valence-electron chi connectivity index (χ0n) is 37.8. The summed E-state index contributed by atoms with van der Waals surface area (Å²) < 4.78 is 0. The highest BCUT2D eigenvalue weighted by atomic mass is 16.7. The highest BCUT2D eigenvalue weighted by molar-refractivity contribution is 6.42. The second-order valence-corrected chi connectivity index (χ2v) is 16.3. The molecule has 0 heterocycles. The van der Waals surface area contributed by atoms with Crippen LogP contribution in [0.4, 0.5) is 34.1 Å². The van der Waals surface area contributed by atoms with Gasteiger partial charge < -0.3 is 24.4 Å². The van der Waals surface area contributed by atoms with E-state index in [2.05, 4.69) is 139 Å². The van der Waals surface area contributed by atoms with E-state index in [1.54, 1.807) is 0 Å². The van der Waals surface area contributed by atoms with Crippen LogP contribution in [-0.2, 0) is 19.3 Å². The Morgan fingerprint density at radius 2 is 0.697 bits per heavy atom. The standard InChI is InChI=1S/C56H48N6O4/c1-7-60(36-19-13-10-14-20-36)39-25-28-42-45(31-39)54(57-6)51-48(42)52-50(44-30-27-41(33-47(44)56(52)59-66-35(5)64)62(9-3)38-23-17-12-18-24-38)53-49(51)43-29-26-40(32-46(43)55(53)58-65-34(4)63)61(8-2)37-21-15-11-16-22-37/h10-33H,7-9H2,1-6H3/b57-54+,58-55+,59-56+. The lowest BCUT2D eigenvalue weighted by Gasteiger charge is -2.23. The Morgan fingerprint density at radius 1 is 0.394 bits per heavy atom. The minimum atomic E-state index is -0.539.